The van der Waals surface area contributed by atoms with Crippen molar-refractivity contribution in [2.75, 3.05) is 33.1 Å². The Morgan fingerprint density at radius 1 is 1.00 bits per heavy atom. The summed E-state index contributed by atoms with van der Waals surface area (Å²) >= 11 is 0. The molecule has 29 heavy (non-hydrogen) atoms. The van der Waals surface area contributed by atoms with Crippen molar-refractivity contribution in [3.63, 3.8) is 0 Å². The Morgan fingerprint density at radius 3 is 2.28 bits per heavy atom. The van der Waals surface area contributed by atoms with Gasteiger partial charge in [-0.05, 0) is 23.3 Å². The number of ether oxygens (including phenoxy) is 2. The second-order valence-corrected chi connectivity index (χ2v) is 9.01. The Labute approximate surface area is 171 Å². The summed E-state index contributed by atoms with van der Waals surface area (Å²) in [6.07, 6.45) is 0. The highest BCUT2D eigenvalue weighted by Gasteiger charge is 2.39. The molecule has 0 bridgehead atoms. The third-order valence-electron chi connectivity index (χ3n) is 5.02. The molecule has 0 saturated carbocycles. The Kier molecular flexibility index (Phi) is 6.89. The molecule has 2 aromatic rings. The van der Waals surface area contributed by atoms with Gasteiger partial charge in [0.25, 0.3) is 0 Å². The number of hydrogen-bond acceptors (Lipinski definition) is 6. The maximum Gasteiger partial charge on any atom is 0.325 e. The van der Waals surface area contributed by atoms with Crippen molar-refractivity contribution >= 4 is 16.0 Å². The predicted octanol–water partition coefficient (Wildman–Crippen LogP) is 1.88. The van der Waals surface area contributed by atoms with Gasteiger partial charge < -0.3 is 9.47 Å². The van der Waals surface area contributed by atoms with Crippen LogP contribution in [0.4, 0.5) is 0 Å². The van der Waals surface area contributed by atoms with E-state index in [9.17, 15) is 13.2 Å². The van der Waals surface area contributed by atoms with Crippen LogP contribution in [-0.2, 0) is 32.6 Å². The van der Waals surface area contributed by atoms with Gasteiger partial charge in [0.2, 0.25) is 10.0 Å². The number of carbonyl (C=O) groups excluding carboxylic acids is 1. The highest BCUT2D eigenvalue weighted by atomic mass is 32.2. The monoisotopic (exact) mass is 418 g/mol. The van der Waals surface area contributed by atoms with Gasteiger partial charge in [0.1, 0.15) is 11.8 Å². The van der Waals surface area contributed by atoms with Crippen LogP contribution in [0.1, 0.15) is 11.1 Å². The van der Waals surface area contributed by atoms with Crippen LogP contribution in [0.25, 0.3) is 0 Å². The average molecular weight is 419 g/mol. The summed E-state index contributed by atoms with van der Waals surface area (Å²) in [5, 5.41) is 0. The van der Waals surface area contributed by atoms with E-state index < -0.39 is 22.0 Å². The number of esters is 1. The molecule has 1 fully saturated rings. The van der Waals surface area contributed by atoms with E-state index in [4.69, 9.17) is 9.47 Å². The smallest absolute Gasteiger partial charge is 0.325 e. The molecule has 1 aliphatic heterocycles. The lowest BCUT2D eigenvalue weighted by molar-refractivity contribution is -0.145. The zero-order valence-corrected chi connectivity index (χ0v) is 17.5. The highest BCUT2D eigenvalue weighted by molar-refractivity contribution is 7.89. The van der Waals surface area contributed by atoms with Gasteiger partial charge in [-0.25, -0.2) is 8.42 Å². The first kappa shape index (κ1) is 21.3. The molecular formula is C21H26N2O5S. The topological polar surface area (TPSA) is 76.2 Å². The molecule has 0 spiro atoms. The standard InChI is InChI=1S/C21H26N2O5S/c1-27-19-10-8-18(9-11-19)15-23-20(21(24)28-2)16-22(12-13-29(23,25)26)14-17-6-4-3-5-7-17/h3-11,20H,12-16H2,1-2H3. The van der Waals surface area contributed by atoms with Gasteiger partial charge in [0.15, 0.2) is 0 Å². The summed E-state index contributed by atoms with van der Waals surface area (Å²) in [6.45, 7) is 1.30. The molecule has 0 aromatic heterocycles. The maximum atomic E-state index is 13.0. The van der Waals surface area contributed by atoms with Crippen molar-refractivity contribution in [2.45, 2.75) is 19.1 Å². The van der Waals surface area contributed by atoms with E-state index in [1.807, 2.05) is 35.2 Å². The van der Waals surface area contributed by atoms with Crippen LogP contribution in [0.5, 0.6) is 5.75 Å². The number of hydrogen-bond donors (Lipinski definition) is 0. The minimum atomic E-state index is -3.64. The van der Waals surface area contributed by atoms with Crippen molar-refractivity contribution in [3.05, 3.63) is 65.7 Å². The van der Waals surface area contributed by atoms with Crippen molar-refractivity contribution in [1.82, 2.24) is 9.21 Å². The average Bonchev–Trinajstić information content (AvgIpc) is 2.86. The number of nitrogens with zero attached hydrogens (tertiary/aromatic N) is 2. The zero-order chi connectivity index (χ0) is 20.9. The van der Waals surface area contributed by atoms with E-state index >= 15 is 0 Å². The number of sulfonamides is 1. The third kappa shape index (κ3) is 5.35. The maximum absolute atomic E-state index is 13.0. The van der Waals surface area contributed by atoms with Gasteiger partial charge >= 0.3 is 5.97 Å². The third-order valence-corrected chi connectivity index (χ3v) is 6.82. The SMILES string of the molecule is COC(=O)C1CN(Cc2ccccc2)CCS(=O)(=O)N1Cc1ccc(OC)cc1. The van der Waals surface area contributed by atoms with Gasteiger partial charge in [0.05, 0.1) is 20.0 Å². The van der Waals surface area contributed by atoms with Crippen molar-refractivity contribution < 1.29 is 22.7 Å². The summed E-state index contributed by atoms with van der Waals surface area (Å²) in [6, 6.07) is 16.0. The fourth-order valence-corrected chi connectivity index (χ4v) is 5.02. The molecule has 1 atom stereocenters. The normalized spacial score (nSPS) is 20.0. The first-order valence-corrected chi connectivity index (χ1v) is 11.0. The molecule has 1 aliphatic rings. The Morgan fingerprint density at radius 2 is 1.66 bits per heavy atom. The lowest BCUT2D eigenvalue weighted by atomic mass is 10.1. The van der Waals surface area contributed by atoms with Crippen LogP contribution in [-0.4, -0.2) is 62.7 Å². The largest absolute Gasteiger partial charge is 0.497 e. The Balaban J connectivity index is 1.86. The second kappa shape index (κ2) is 9.39. The number of benzene rings is 2. The molecule has 1 saturated heterocycles. The van der Waals surface area contributed by atoms with Crippen LogP contribution < -0.4 is 4.74 Å². The Hall–Kier alpha value is -2.42. The predicted molar refractivity (Wildman–Crippen MR) is 110 cm³/mol. The van der Waals surface area contributed by atoms with Gasteiger partial charge in [-0.15, -0.1) is 0 Å². The minimum Gasteiger partial charge on any atom is -0.497 e. The fraction of sp³-hybridized carbons (Fsp3) is 0.381. The molecule has 1 heterocycles. The first-order chi connectivity index (χ1) is 13.9. The summed E-state index contributed by atoms with van der Waals surface area (Å²) in [5.41, 5.74) is 1.84. The lowest BCUT2D eigenvalue weighted by Gasteiger charge is -2.28. The van der Waals surface area contributed by atoms with Crippen LogP contribution in [0, 0.1) is 0 Å². The quantitative estimate of drug-likeness (QED) is 0.667. The van der Waals surface area contributed by atoms with Crippen molar-refractivity contribution in [3.8, 4) is 5.75 Å². The molecule has 2 aromatic carbocycles. The molecule has 0 radical (unpaired) electrons. The Bertz CT molecular complexity index is 916. The molecule has 7 nitrogen and oxygen atoms in total. The van der Waals surface area contributed by atoms with E-state index in [2.05, 4.69) is 0 Å². The fourth-order valence-electron chi connectivity index (χ4n) is 3.42. The van der Waals surface area contributed by atoms with E-state index in [1.54, 1.807) is 31.4 Å². The number of carbonyl (C=O) groups is 1. The van der Waals surface area contributed by atoms with Crippen LogP contribution in [0.15, 0.2) is 54.6 Å². The molecule has 0 amide bonds. The minimum absolute atomic E-state index is 0.0521. The summed E-state index contributed by atoms with van der Waals surface area (Å²) < 4.78 is 37.4. The number of rotatable bonds is 6. The summed E-state index contributed by atoms with van der Waals surface area (Å²) in [7, 11) is -0.787. The molecule has 8 heteroatoms. The molecular weight excluding hydrogens is 392 g/mol. The highest BCUT2D eigenvalue weighted by Crippen LogP contribution is 2.22. The van der Waals surface area contributed by atoms with Gasteiger partial charge in [-0.3, -0.25) is 9.69 Å². The van der Waals surface area contributed by atoms with Gasteiger partial charge in [0, 0.05) is 26.2 Å². The van der Waals surface area contributed by atoms with E-state index in [0.717, 1.165) is 11.1 Å². The van der Waals surface area contributed by atoms with Gasteiger partial charge in [-0.2, -0.15) is 4.31 Å². The molecule has 3 rings (SSSR count). The molecule has 1 unspecified atom stereocenters. The summed E-state index contributed by atoms with van der Waals surface area (Å²) in [5.74, 6) is 0.0804. The first-order valence-electron chi connectivity index (χ1n) is 9.39. The van der Waals surface area contributed by atoms with Crippen LogP contribution >= 0.6 is 0 Å². The van der Waals surface area contributed by atoms with E-state index in [1.165, 1.54) is 11.4 Å². The van der Waals surface area contributed by atoms with Crippen LogP contribution in [0.3, 0.4) is 0 Å². The van der Waals surface area contributed by atoms with Crippen molar-refractivity contribution in [1.29, 1.82) is 0 Å². The second-order valence-electron chi connectivity index (χ2n) is 6.97. The molecule has 156 valence electrons. The molecule has 0 N–H and O–H groups in total. The molecule has 0 aliphatic carbocycles. The van der Waals surface area contributed by atoms with Crippen LogP contribution in [0.2, 0.25) is 0 Å². The number of methoxy groups -OCH3 is 2. The van der Waals surface area contributed by atoms with E-state index in [-0.39, 0.29) is 18.8 Å². The zero-order valence-electron chi connectivity index (χ0n) is 16.7. The lowest BCUT2D eigenvalue weighted by Crippen LogP contribution is -2.48. The van der Waals surface area contributed by atoms with E-state index in [0.29, 0.717) is 18.8 Å². The van der Waals surface area contributed by atoms with Crippen molar-refractivity contribution in [2.24, 2.45) is 0 Å². The van der Waals surface area contributed by atoms with Gasteiger partial charge in [-0.1, -0.05) is 42.5 Å². The summed E-state index contributed by atoms with van der Waals surface area (Å²) in [4.78, 5) is 14.5.